The van der Waals surface area contributed by atoms with E-state index in [1.807, 2.05) is 31.2 Å². The summed E-state index contributed by atoms with van der Waals surface area (Å²) in [6, 6.07) is 11.9. The van der Waals surface area contributed by atoms with Crippen molar-refractivity contribution in [1.29, 1.82) is 0 Å². The fraction of sp³-hybridized carbons (Fsp3) is 0.250. The normalized spacial score (nSPS) is 10.9. The van der Waals surface area contributed by atoms with Crippen LogP contribution in [0.5, 0.6) is 0 Å². The summed E-state index contributed by atoms with van der Waals surface area (Å²) in [5.41, 5.74) is 4.02. The number of anilines is 1. The lowest BCUT2D eigenvalue weighted by Gasteiger charge is -2.08. The van der Waals surface area contributed by atoms with Crippen molar-refractivity contribution < 1.29 is 4.79 Å². The molecule has 0 fully saturated rings. The highest BCUT2D eigenvalue weighted by atomic mass is 32.1. The van der Waals surface area contributed by atoms with Crippen molar-refractivity contribution in [2.24, 2.45) is 0 Å². The average Bonchev–Trinajstić information content (AvgIpc) is 2.97. The van der Waals surface area contributed by atoms with Gasteiger partial charge in [-0.1, -0.05) is 26.0 Å². The number of amides is 1. The number of rotatable bonds is 5. The molecule has 2 heterocycles. The van der Waals surface area contributed by atoms with Gasteiger partial charge >= 0.3 is 0 Å². The molecule has 0 unspecified atom stereocenters. The second-order valence-corrected chi connectivity index (χ2v) is 7.35. The molecule has 0 aliphatic carbocycles. The Morgan fingerprint density at radius 1 is 1.12 bits per heavy atom. The van der Waals surface area contributed by atoms with Crippen molar-refractivity contribution in [2.45, 2.75) is 33.1 Å². The molecule has 1 aromatic carbocycles. The molecule has 0 spiro atoms. The van der Waals surface area contributed by atoms with Crippen molar-refractivity contribution in [3.8, 4) is 10.6 Å². The summed E-state index contributed by atoms with van der Waals surface area (Å²) in [5.74, 6) is 0.460. The molecule has 3 rings (SSSR count). The first-order chi connectivity index (χ1) is 12.0. The number of benzene rings is 1. The van der Waals surface area contributed by atoms with Crippen LogP contribution in [0.1, 0.15) is 35.9 Å². The second kappa shape index (κ2) is 7.57. The van der Waals surface area contributed by atoms with Crippen LogP contribution in [0.3, 0.4) is 0 Å². The van der Waals surface area contributed by atoms with Gasteiger partial charge in [0.1, 0.15) is 5.01 Å². The highest BCUT2D eigenvalue weighted by Gasteiger charge is 2.13. The minimum atomic E-state index is -0.0228. The summed E-state index contributed by atoms with van der Waals surface area (Å²) < 4.78 is 0. The number of carbonyl (C=O) groups is 1. The van der Waals surface area contributed by atoms with E-state index in [9.17, 15) is 4.79 Å². The van der Waals surface area contributed by atoms with Crippen molar-refractivity contribution in [3.63, 3.8) is 0 Å². The smallest absolute Gasteiger partial charge is 0.229 e. The molecular weight excluding hydrogens is 330 g/mol. The number of nitrogens with zero attached hydrogens (tertiary/aromatic N) is 2. The largest absolute Gasteiger partial charge is 0.326 e. The molecule has 1 N–H and O–H groups in total. The molecule has 4 nitrogen and oxygen atoms in total. The van der Waals surface area contributed by atoms with E-state index in [2.05, 4.69) is 41.3 Å². The first-order valence-electron chi connectivity index (χ1n) is 8.29. The predicted octanol–water partition coefficient (Wildman–Crippen LogP) is 4.82. The maximum absolute atomic E-state index is 12.4. The van der Waals surface area contributed by atoms with Gasteiger partial charge in [0.2, 0.25) is 5.91 Å². The summed E-state index contributed by atoms with van der Waals surface area (Å²) in [7, 11) is 0. The van der Waals surface area contributed by atoms with Crippen molar-refractivity contribution in [2.75, 3.05) is 5.32 Å². The van der Waals surface area contributed by atoms with Gasteiger partial charge in [-0.15, -0.1) is 11.3 Å². The summed E-state index contributed by atoms with van der Waals surface area (Å²) in [5, 5.41) is 3.88. The molecule has 2 aromatic heterocycles. The van der Waals surface area contributed by atoms with Gasteiger partial charge in [-0.2, -0.15) is 0 Å². The van der Waals surface area contributed by atoms with E-state index < -0.39 is 0 Å². The third kappa shape index (κ3) is 4.31. The molecule has 0 saturated heterocycles. The SMILES string of the molecule is Cc1nc(-c2ccncc2)sc1CC(=O)Nc1ccc(C(C)C)cc1. The van der Waals surface area contributed by atoms with Gasteiger partial charge in [-0.3, -0.25) is 9.78 Å². The fourth-order valence-electron chi connectivity index (χ4n) is 2.51. The van der Waals surface area contributed by atoms with E-state index in [0.29, 0.717) is 12.3 Å². The topological polar surface area (TPSA) is 54.9 Å². The van der Waals surface area contributed by atoms with Crippen LogP contribution < -0.4 is 5.32 Å². The lowest BCUT2D eigenvalue weighted by molar-refractivity contribution is -0.115. The molecule has 0 saturated carbocycles. The van der Waals surface area contributed by atoms with Crippen LogP contribution in [-0.4, -0.2) is 15.9 Å². The van der Waals surface area contributed by atoms with Gasteiger partial charge in [-0.25, -0.2) is 4.98 Å². The van der Waals surface area contributed by atoms with Crippen LogP contribution in [0.2, 0.25) is 0 Å². The Hall–Kier alpha value is -2.53. The average molecular weight is 351 g/mol. The zero-order valence-corrected chi connectivity index (χ0v) is 15.4. The van der Waals surface area contributed by atoms with Crippen LogP contribution >= 0.6 is 11.3 Å². The fourth-order valence-corrected chi connectivity index (χ4v) is 3.58. The van der Waals surface area contributed by atoms with Crippen LogP contribution in [-0.2, 0) is 11.2 Å². The number of aromatic nitrogens is 2. The molecule has 0 radical (unpaired) electrons. The third-order valence-electron chi connectivity index (χ3n) is 4.00. The standard InChI is InChI=1S/C20H21N3OS/c1-13(2)15-4-6-17(7-5-15)23-19(24)12-18-14(3)22-20(25-18)16-8-10-21-11-9-16/h4-11,13H,12H2,1-3H3,(H,23,24). The van der Waals surface area contributed by atoms with E-state index in [0.717, 1.165) is 26.8 Å². The molecule has 3 aromatic rings. The second-order valence-electron chi connectivity index (χ2n) is 6.27. The lowest BCUT2D eigenvalue weighted by atomic mass is 10.0. The Labute approximate surface area is 152 Å². The number of thiazole rings is 1. The maximum Gasteiger partial charge on any atom is 0.229 e. The molecule has 1 amide bonds. The molecule has 0 aliphatic rings. The van der Waals surface area contributed by atoms with E-state index in [1.54, 1.807) is 23.7 Å². The minimum Gasteiger partial charge on any atom is -0.326 e. The van der Waals surface area contributed by atoms with E-state index in [-0.39, 0.29) is 5.91 Å². The Bertz CT molecular complexity index is 854. The van der Waals surface area contributed by atoms with E-state index in [4.69, 9.17) is 0 Å². The number of pyridine rings is 1. The van der Waals surface area contributed by atoms with Gasteiger partial charge in [-0.05, 0) is 42.7 Å². The minimum absolute atomic E-state index is 0.0228. The summed E-state index contributed by atoms with van der Waals surface area (Å²) in [4.78, 5) is 22.0. The lowest BCUT2D eigenvalue weighted by Crippen LogP contribution is -2.14. The molecule has 128 valence electrons. The number of hydrogen-bond acceptors (Lipinski definition) is 4. The number of carbonyl (C=O) groups excluding carboxylic acids is 1. The first kappa shape index (κ1) is 17.3. The van der Waals surface area contributed by atoms with Gasteiger partial charge in [0, 0.05) is 28.5 Å². The third-order valence-corrected chi connectivity index (χ3v) is 5.21. The Morgan fingerprint density at radius 2 is 1.80 bits per heavy atom. The van der Waals surface area contributed by atoms with Gasteiger partial charge in [0.25, 0.3) is 0 Å². The summed E-state index contributed by atoms with van der Waals surface area (Å²) in [6.07, 6.45) is 3.83. The monoisotopic (exact) mass is 351 g/mol. The van der Waals surface area contributed by atoms with E-state index in [1.165, 1.54) is 5.56 Å². The molecule has 25 heavy (non-hydrogen) atoms. The Kier molecular flexibility index (Phi) is 5.24. The zero-order chi connectivity index (χ0) is 17.8. The van der Waals surface area contributed by atoms with Crippen molar-refractivity contribution >= 4 is 22.9 Å². The Morgan fingerprint density at radius 3 is 2.44 bits per heavy atom. The van der Waals surface area contributed by atoms with E-state index >= 15 is 0 Å². The number of hydrogen-bond donors (Lipinski definition) is 1. The molecule has 5 heteroatoms. The van der Waals surface area contributed by atoms with Crippen molar-refractivity contribution in [1.82, 2.24) is 9.97 Å². The first-order valence-corrected chi connectivity index (χ1v) is 9.11. The molecular formula is C20H21N3OS. The van der Waals surface area contributed by atoms with Crippen LogP contribution in [0.25, 0.3) is 10.6 Å². The van der Waals surface area contributed by atoms with Crippen LogP contribution in [0.15, 0.2) is 48.8 Å². The summed E-state index contributed by atoms with van der Waals surface area (Å²) >= 11 is 1.56. The van der Waals surface area contributed by atoms with Gasteiger partial charge in [0.05, 0.1) is 12.1 Å². The number of nitrogens with one attached hydrogen (secondary N) is 1. The van der Waals surface area contributed by atoms with Crippen molar-refractivity contribution in [3.05, 3.63) is 64.9 Å². The quantitative estimate of drug-likeness (QED) is 0.717. The predicted molar refractivity (Wildman–Crippen MR) is 103 cm³/mol. The maximum atomic E-state index is 12.4. The molecule has 0 atom stereocenters. The van der Waals surface area contributed by atoms with Crippen LogP contribution in [0, 0.1) is 6.92 Å². The highest BCUT2D eigenvalue weighted by Crippen LogP contribution is 2.28. The van der Waals surface area contributed by atoms with Crippen LogP contribution in [0.4, 0.5) is 5.69 Å². The zero-order valence-electron chi connectivity index (χ0n) is 14.6. The summed E-state index contributed by atoms with van der Waals surface area (Å²) in [6.45, 7) is 6.25. The van der Waals surface area contributed by atoms with Gasteiger partial charge < -0.3 is 5.32 Å². The number of aryl methyl sites for hydroxylation is 1. The Balaban J connectivity index is 1.68. The highest BCUT2D eigenvalue weighted by molar-refractivity contribution is 7.15. The van der Waals surface area contributed by atoms with Gasteiger partial charge in [0.15, 0.2) is 0 Å². The molecule has 0 aliphatic heterocycles. The molecule has 0 bridgehead atoms.